The molecule has 1 aliphatic carbocycles. The number of nitrogens with one attached hydrogen (secondary N) is 1. The molecule has 0 aliphatic heterocycles. The molecule has 0 saturated heterocycles. The first-order valence-electron chi connectivity index (χ1n) is 6.71. The number of benzene rings is 1. The van der Waals surface area contributed by atoms with Crippen molar-refractivity contribution < 1.29 is 18.7 Å². The summed E-state index contributed by atoms with van der Waals surface area (Å²) < 4.78 is 24.5. The Bertz CT molecular complexity index is 506. The minimum atomic E-state index is -0.723. The predicted octanol–water partition coefficient (Wildman–Crippen LogP) is 2.20. The van der Waals surface area contributed by atoms with Crippen molar-refractivity contribution in [2.24, 2.45) is 0 Å². The fraction of sp³-hybridized carbons (Fsp3) is 0.533. The van der Waals surface area contributed by atoms with E-state index in [-0.39, 0.29) is 23.6 Å². The van der Waals surface area contributed by atoms with E-state index in [9.17, 15) is 9.18 Å². The van der Waals surface area contributed by atoms with E-state index in [0.717, 1.165) is 0 Å². The standard InChI is InChI=1S/C15H20FNO3/c1-10-5-4-6-12(13(10)16)20-11-7-8-15(9-11,17-2)14(18)19-3/h4-6,11,17H,7-9H2,1-3H3. The van der Waals surface area contributed by atoms with Gasteiger partial charge in [-0.1, -0.05) is 12.1 Å². The van der Waals surface area contributed by atoms with Crippen LogP contribution in [0, 0.1) is 12.7 Å². The molecular formula is C15H20FNO3. The Hall–Kier alpha value is -1.62. The van der Waals surface area contributed by atoms with Gasteiger partial charge in [0.1, 0.15) is 11.6 Å². The van der Waals surface area contributed by atoms with Gasteiger partial charge in [0.15, 0.2) is 11.6 Å². The second-order valence-corrected chi connectivity index (χ2v) is 5.19. The second kappa shape index (κ2) is 5.79. The molecule has 20 heavy (non-hydrogen) atoms. The van der Waals surface area contributed by atoms with Gasteiger partial charge in [-0.05, 0) is 38.4 Å². The van der Waals surface area contributed by atoms with Crippen LogP contribution in [-0.4, -0.2) is 31.8 Å². The zero-order chi connectivity index (χ0) is 14.8. The van der Waals surface area contributed by atoms with Gasteiger partial charge < -0.3 is 14.8 Å². The molecule has 1 aliphatic rings. The summed E-state index contributed by atoms with van der Waals surface area (Å²) in [6.45, 7) is 1.70. The van der Waals surface area contributed by atoms with Crippen molar-refractivity contribution in [2.75, 3.05) is 14.2 Å². The van der Waals surface area contributed by atoms with Crippen LogP contribution in [0.5, 0.6) is 5.75 Å². The highest BCUT2D eigenvalue weighted by atomic mass is 19.1. The Morgan fingerprint density at radius 2 is 2.25 bits per heavy atom. The number of esters is 1. The van der Waals surface area contributed by atoms with Gasteiger partial charge in [0, 0.05) is 6.42 Å². The Morgan fingerprint density at radius 1 is 1.50 bits per heavy atom. The number of halogens is 1. The highest BCUT2D eigenvalue weighted by molar-refractivity contribution is 5.81. The molecule has 110 valence electrons. The van der Waals surface area contributed by atoms with Crippen molar-refractivity contribution in [3.63, 3.8) is 0 Å². The van der Waals surface area contributed by atoms with Crippen LogP contribution in [0.3, 0.4) is 0 Å². The van der Waals surface area contributed by atoms with Gasteiger partial charge in [-0.2, -0.15) is 0 Å². The molecule has 1 aromatic rings. The van der Waals surface area contributed by atoms with Gasteiger partial charge in [0.2, 0.25) is 0 Å². The number of methoxy groups -OCH3 is 1. The minimum absolute atomic E-state index is 0.196. The van der Waals surface area contributed by atoms with Gasteiger partial charge in [-0.15, -0.1) is 0 Å². The van der Waals surface area contributed by atoms with Crippen molar-refractivity contribution in [3.05, 3.63) is 29.6 Å². The fourth-order valence-electron chi connectivity index (χ4n) is 2.70. The lowest BCUT2D eigenvalue weighted by Gasteiger charge is -2.25. The van der Waals surface area contributed by atoms with Crippen molar-refractivity contribution in [1.82, 2.24) is 5.32 Å². The summed E-state index contributed by atoms with van der Waals surface area (Å²) in [5.74, 6) is -0.393. The fourth-order valence-corrected chi connectivity index (χ4v) is 2.70. The van der Waals surface area contributed by atoms with Crippen LogP contribution in [0.1, 0.15) is 24.8 Å². The lowest BCUT2D eigenvalue weighted by molar-refractivity contribution is -0.148. The van der Waals surface area contributed by atoms with Crippen LogP contribution in [0.15, 0.2) is 18.2 Å². The van der Waals surface area contributed by atoms with E-state index >= 15 is 0 Å². The van der Waals surface area contributed by atoms with Crippen LogP contribution in [-0.2, 0) is 9.53 Å². The molecule has 1 fully saturated rings. The lowest BCUT2D eigenvalue weighted by atomic mass is 9.98. The Labute approximate surface area is 118 Å². The summed E-state index contributed by atoms with van der Waals surface area (Å²) in [6.07, 6.45) is 1.58. The third-order valence-electron chi connectivity index (χ3n) is 3.97. The largest absolute Gasteiger partial charge is 0.487 e. The van der Waals surface area contributed by atoms with Crippen LogP contribution in [0.2, 0.25) is 0 Å². The van der Waals surface area contributed by atoms with Crippen LogP contribution >= 0.6 is 0 Å². The smallest absolute Gasteiger partial charge is 0.326 e. The zero-order valence-electron chi connectivity index (χ0n) is 12.0. The maximum atomic E-state index is 13.9. The average Bonchev–Trinajstić information content (AvgIpc) is 2.87. The van der Waals surface area contributed by atoms with Crippen molar-refractivity contribution in [1.29, 1.82) is 0 Å². The molecule has 0 aromatic heterocycles. The van der Waals surface area contributed by atoms with E-state index in [0.29, 0.717) is 24.8 Å². The second-order valence-electron chi connectivity index (χ2n) is 5.19. The van der Waals surface area contributed by atoms with Gasteiger partial charge in [-0.3, -0.25) is 4.79 Å². The van der Waals surface area contributed by atoms with Crippen LogP contribution in [0.4, 0.5) is 4.39 Å². The summed E-state index contributed by atoms with van der Waals surface area (Å²) in [4.78, 5) is 11.9. The summed E-state index contributed by atoms with van der Waals surface area (Å²) in [5, 5.41) is 3.02. The van der Waals surface area contributed by atoms with Gasteiger partial charge >= 0.3 is 5.97 Å². The third kappa shape index (κ3) is 2.63. The number of hydrogen-bond donors (Lipinski definition) is 1. The number of carbonyl (C=O) groups is 1. The van der Waals surface area contributed by atoms with Crippen molar-refractivity contribution in [2.45, 2.75) is 37.8 Å². The van der Waals surface area contributed by atoms with Gasteiger partial charge in [0.05, 0.1) is 7.11 Å². The number of aryl methyl sites for hydroxylation is 1. The molecule has 0 amide bonds. The SMILES string of the molecule is CNC1(C(=O)OC)CCC(Oc2cccc(C)c2F)C1. The third-order valence-corrected chi connectivity index (χ3v) is 3.97. The van der Waals surface area contributed by atoms with Crippen molar-refractivity contribution in [3.8, 4) is 5.75 Å². The number of likely N-dealkylation sites (N-methyl/N-ethyl adjacent to an activating group) is 1. The molecular weight excluding hydrogens is 261 g/mol. The molecule has 4 nitrogen and oxygen atoms in total. The molecule has 1 aromatic carbocycles. The topological polar surface area (TPSA) is 47.6 Å². The molecule has 2 rings (SSSR count). The molecule has 0 radical (unpaired) electrons. The maximum Gasteiger partial charge on any atom is 0.326 e. The van der Waals surface area contributed by atoms with Gasteiger partial charge in [0.25, 0.3) is 0 Å². The average molecular weight is 281 g/mol. The predicted molar refractivity (Wildman–Crippen MR) is 73.2 cm³/mol. The molecule has 2 unspecified atom stereocenters. The quantitative estimate of drug-likeness (QED) is 0.860. The number of hydrogen-bond acceptors (Lipinski definition) is 4. The molecule has 1 N–H and O–H groups in total. The number of ether oxygens (including phenoxy) is 2. The number of carbonyl (C=O) groups excluding carboxylic acids is 1. The van der Waals surface area contributed by atoms with E-state index in [1.165, 1.54) is 7.11 Å². The van der Waals surface area contributed by atoms with E-state index < -0.39 is 5.54 Å². The molecule has 1 saturated carbocycles. The molecule has 0 bridgehead atoms. The van der Waals surface area contributed by atoms with E-state index in [4.69, 9.17) is 9.47 Å². The van der Waals surface area contributed by atoms with Crippen LogP contribution < -0.4 is 10.1 Å². The van der Waals surface area contributed by atoms with Crippen molar-refractivity contribution >= 4 is 5.97 Å². The molecule has 0 spiro atoms. The summed E-state index contributed by atoms with van der Waals surface area (Å²) in [7, 11) is 3.10. The first-order chi connectivity index (χ1) is 9.52. The first-order valence-corrected chi connectivity index (χ1v) is 6.71. The monoisotopic (exact) mass is 281 g/mol. The van der Waals surface area contributed by atoms with E-state index in [1.807, 2.05) is 0 Å². The minimum Gasteiger partial charge on any atom is -0.487 e. The van der Waals surface area contributed by atoms with E-state index in [2.05, 4.69) is 5.32 Å². The van der Waals surface area contributed by atoms with E-state index in [1.54, 1.807) is 32.2 Å². The van der Waals surface area contributed by atoms with Crippen LogP contribution in [0.25, 0.3) is 0 Å². The highest BCUT2D eigenvalue weighted by Gasteiger charge is 2.46. The number of rotatable bonds is 4. The molecule has 5 heteroatoms. The molecule has 2 atom stereocenters. The zero-order valence-corrected chi connectivity index (χ0v) is 12.0. The summed E-state index contributed by atoms with van der Waals surface area (Å²) >= 11 is 0. The molecule has 0 heterocycles. The summed E-state index contributed by atoms with van der Waals surface area (Å²) in [6, 6.07) is 5.07. The highest BCUT2D eigenvalue weighted by Crippen LogP contribution is 2.34. The van der Waals surface area contributed by atoms with Gasteiger partial charge in [-0.25, -0.2) is 4.39 Å². The maximum absolute atomic E-state index is 13.9. The lowest BCUT2D eigenvalue weighted by Crippen LogP contribution is -2.49. The summed E-state index contributed by atoms with van der Waals surface area (Å²) in [5.41, 5.74) is -0.173. The Balaban J connectivity index is 2.10. The Kier molecular flexibility index (Phi) is 4.28. The normalized spacial score (nSPS) is 25.5. The Morgan fingerprint density at radius 3 is 2.90 bits per heavy atom. The first kappa shape index (κ1) is 14.8.